The van der Waals surface area contributed by atoms with Crippen molar-refractivity contribution in [2.24, 2.45) is 5.10 Å². The Hall–Kier alpha value is -3.02. The number of amides is 1. The number of pyridine rings is 1. The first-order chi connectivity index (χ1) is 12.0. The van der Waals surface area contributed by atoms with Crippen molar-refractivity contribution in [3.63, 3.8) is 0 Å². The van der Waals surface area contributed by atoms with Crippen molar-refractivity contribution in [2.45, 2.75) is 34.2 Å². The molecule has 0 aliphatic rings. The lowest BCUT2D eigenvalue weighted by Gasteiger charge is -2.06. The lowest BCUT2D eigenvalue weighted by atomic mass is 10.1. The molecule has 0 bridgehead atoms. The first kappa shape index (κ1) is 16.8. The number of nitrogens with zero attached hydrogens (tertiary/aromatic N) is 4. The molecular weight excluding hydrogens is 314 g/mol. The highest BCUT2D eigenvalue weighted by atomic mass is 16.2. The third-order valence-electron chi connectivity index (χ3n) is 4.19. The van der Waals surface area contributed by atoms with E-state index in [1.54, 1.807) is 12.3 Å². The zero-order valence-electron chi connectivity index (χ0n) is 14.9. The average molecular weight is 335 g/mol. The Labute approximate surface area is 146 Å². The van der Waals surface area contributed by atoms with Gasteiger partial charge < -0.3 is 0 Å². The summed E-state index contributed by atoms with van der Waals surface area (Å²) in [6.45, 7) is 8.64. The lowest BCUT2D eigenvalue weighted by Crippen LogP contribution is -2.18. The van der Waals surface area contributed by atoms with Gasteiger partial charge in [-0.25, -0.2) is 5.43 Å². The van der Waals surface area contributed by atoms with Crippen molar-refractivity contribution in [3.8, 4) is 0 Å². The number of benzene rings is 1. The average Bonchev–Trinajstić information content (AvgIpc) is 2.88. The first-order valence-electron chi connectivity index (χ1n) is 8.25. The first-order valence-corrected chi connectivity index (χ1v) is 8.25. The molecule has 2 aromatic heterocycles. The molecule has 6 nitrogen and oxygen atoms in total. The van der Waals surface area contributed by atoms with Crippen molar-refractivity contribution in [3.05, 3.63) is 58.5 Å². The van der Waals surface area contributed by atoms with Crippen LogP contribution in [0.3, 0.4) is 0 Å². The summed E-state index contributed by atoms with van der Waals surface area (Å²) >= 11 is 0. The fourth-order valence-electron chi connectivity index (χ4n) is 2.92. The molecule has 128 valence electrons. The van der Waals surface area contributed by atoms with Crippen molar-refractivity contribution in [1.29, 1.82) is 0 Å². The summed E-state index contributed by atoms with van der Waals surface area (Å²) in [6.07, 6.45) is 1.65. The van der Waals surface area contributed by atoms with Crippen LogP contribution in [0.4, 0.5) is 0 Å². The molecule has 6 heteroatoms. The summed E-state index contributed by atoms with van der Waals surface area (Å²) in [5.74, 6) is -0.254. The molecule has 0 aliphatic heterocycles. The van der Waals surface area contributed by atoms with Crippen LogP contribution in [0, 0.1) is 20.8 Å². The summed E-state index contributed by atoms with van der Waals surface area (Å²) in [5.41, 5.74) is 7.63. The summed E-state index contributed by atoms with van der Waals surface area (Å²) < 4.78 is 1.91. The van der Waals surface area contributed by atoms with Crippen LogP contribution >= 0.6 is 0 Å². The maximum Gasteiger partial charge on any atom is 0.272 e. The highest BCUT2D eigenvalue weighted by Crippen LogP contribution is 2.18. The van der Waals surface area contributed by atoms with E-state index in [1.807, 2.05) is 56.6 Å². The number of hydrazone groups is 1. The van der Waals surface area contributed by atoms with Gasteiger partial charge in [-0.15, -0.1) is 0 Å². The molecule has 1 amide bonds. The Morgan fingerprint density at radius 3 is 2.76 bits per heavy atom. The van der Waals surface area contributed by atoms with Crippen LogP contribution < -0.4 is 5.43 Å². The number of para-hydroxylation sites is 1. The molecule has 1 N–H and O–H groups in total. The molecule has 25 heavy (non-hydrogen) atoms. The van der Waals surface area contributed by atoms with Crippen LogP contribution in [0.25, 0.3) is 10.9 Å². The van der Waals surface area contributed by atoms with E-state index in [9.17, 15) is 4.79 Å². The minimum absolute atomic E-state index is 0.254. The third kappa shape index (κ3) is 3.28. The second-order valence-electron chi connectivity index (χ2n) is 5.93. The number of nitrogens with one attached hydrogen (secondary N) is 1. The Kier molecular flexibility index (Phi) is 4.61. The Morgan fingerprint density at radius 1 is 1.28 bits per heavy atom. The summed E-state index contributed by atoms with van der Waals surface area (Å²) in [5, 5.41) is 9.38. The van der Waals surface area contributed by atoms with E-state index in [0.29, 0.717) is 5.56 Å². The number of hydrogen-bond donors (Lipinski definition) is 1. The van der Waals surface area contributed by atoms with Crippen LogP contribution in [0.2, 0.25) is 0 Å². The molecule has 0 fully saturated rings. The van der Waals surface area contributed by atoms with Gasteiger partial charge in [0.2, 0.25) is 0 Å². The third-order valence-corrected chi connectivity index (χ3v) is 4.19. The summed E-state index contributed by atoms with van der Waals surface area (Å²) in [4.78, 5) is 17.0. The second-order valence-corrected chi connectivity index (χ2v) is 5.93. The smallest absolute Gasteiger partial charge is 0.269 e. The predicted molar refractivity (Wildman–Crippen MR) is 98.9 cm³/mol. The highest BCUT2D eigenvalue weighted by molar-refractivity contribution is 6.06. The SMILES string of the molecule is CCn1nc(C)c(/C=N\NC(=O)c2cc(C)nc3ccccc23)c1C. The Bertz CT molecular complexity index is 971. The van der Waals surface area contributed by atoms with Crippen LogP contribution in [-0.2, 0) is 6.54 Å². The molecular formula is C19H21N5O. The van der Waals surface area contributed by atoms with Crippen molar-refractivity contribution in [1.82, 2.24) is 20.2 Å². The largest absolute Gasteiger partial charge is 0.272 e. The Morgan fingerprint density at radius 2 is 2.04 bits per heavy atom. The van der Waals surface area contributed by atoms with Gasteiger partial charge in [-0.2, -0.15) is 10.2 Å². The van der Waals surface area contributed by atoms with Gasteiger partial charge in [0.05, 0.1) is 23.0 Å². The van der Waals surface area contributed by atoms with Gasteiger partial charge in [0.25, 0.3) is 5.91 Å². The molecule has 1 aromatic carbocycles. The van der Waals surface area contributed by atoms with Crippen molar-refractivity contribution >= 4 is 23.0 Å². The van der Waals surface area contributed by atoms with Gasteiger partial charge in [0.15, 0.2) is 0 Å². The zero-order chi connectivity index (χ0) is 18.0. The number of rotatable bonds is 4. The molecule has 0 saturated carbocycles. The van der Waals surface area contributed by atoms with Gasteiger partial charge in [-0.05, 0) is 39.8 Å². The van der Waals surface area contributed by atoms with Gasteiger partial charge in [-0.3, -0.25) is 14.5 Å². The van der Waals surface area contributed by atoms with E-state index in [1.165, 1.54) is 0 Å². The van der Waals surface area contributed by atoms with Crippen LogP contribution in [-0.4, -0.2) is 26.9 Å². The van der Waals surface area contributed by atoms with Gasteiger partial charge >= 0.3 is 0 Å². The molecule has 3 rings (SSSR count). The minimum Gasteiger partial charge on any atom is -0.269 e. The number of hydrogen-bond acceptors (Lipinski definition) is 4. The molecule has 0 saturated heterocycles. The van der Waals surface area contributed by atoms with E-state index in [0.717, 1.165) is 40.1 Å². The minimum atomic E-state index is -0.254. The standard InChI is InChI=1S/C19H21N5O/c1-5-24-14(4)17(13(3)23-24)11-20-22-19(25)16-10-12(2)21-18-9-7-6-8-15(16)18/h6-11H,5H2,1-4H3,(H,22,25)/b20-11-. The molecule has 0 unspecified atom stereocenters. The Balaban J connectivity index is 1.85. The van der Waals surface area contributed by atoms with Crippen molar-refractivity contribution < 1.29 is 4.79 Å². The second kappa shape index (κ2) is 6.84. The van der Waals surface area contributed by atoms with E-state index in [-0.39, 0.29) is 5.91 Å². The monoisotopic (exact) mass is 335 g/mol. The van der Waals surface area contributed by atoms with Gasteiger partial charge in [0, 0.05) is 28.9 Å². The number of carbonyl (C=O) groups is 1. The van der Waals surface area contributed by atoms with E-state index >= 15 is 0 Å². The maximum atomic E-state index is 12.6. The fraction of sp³-hybridized carbons (Fsp3) is 0.263. The molecule has 0 radical (unpaired) electrons. The van der Waals surface area contributed by atoms with Gasteiger partial charge in [-0.1, -0.05) is 18.2 Å². The predicted octanol–water partition coefficient (Wildman–Crippen LogP) is 3.14. The molecule has 3 aromatic rings. The van der Waals surface area contributed by atoms with Crippen LogP contribution in [0.15, 0.2) is 35.4 Å². The number of fused-ring (bicyclic) bond motifs is 1. The number of aryl methyl sites for hydroxylation is 3. The van der Waals surface area contributed by atoms with E-state index < -0.39 is 0 Å². The van der Waals surface area contributed by atoms with E-state index in [2.05, 4.69) is 20.6 Å². The molecule has 0 aliphatic carbocycles. The molecule has 2 heterocycles. The van der Waals surface area contributed by atoms with E-state index in [4.69, 9.17) is 0 Å². The molecule has 0 atom stereocenters. The number of carbonyl (C=O) groups excluding carboxylic acids is 1. The zero-order valence-corrected chi connectivity index (χ0v) is 14.9. The normalized spacial score (nSPS) is 11.4. The quantitative estimate of drug-likeness (QED) is 0.588. The fourth-order valence-corrected chi connectivity index (χ4v) is 2.92. The topological polar surface area (TPSA) is 72.2 Å². The summed E-state index contributed by atoms with van der Waals surface area (Å²) in [6, 6.07) is 9.36. The van der Waals surface area contributed by atoms with Crippen molar-refractivity contribution in [2.75, 3.05) is 0 Å². The summed E-state index contributed by atoms with van der Waals surface area (Å²) in [7, 11) is 0. The maximum absolute atomic E-state index is 12.6. The lowest BCUT2D eigenvalue weighted by molar-refractivity contribution is 0.0956. The highest BCUT2D eigenvalue weighted by Gasteiger charge is 2.12. The van der Waals surface area contributed by atoms with Crippen LogP contribution in [0.1, 0.15) is 39.9 Å². The van der Waals surface area contributed by atoms with Crippen LogP contribution in [0.5, 0.6) is 0 Å². The molecule has 0 spiro atoms. The van der Waals surface area contributed by atoms with Gasteiger partial charge in [0.1, 0.15) is 0 Å². The number of aromatic nitrogens is 3.